The van der Waals surface area contributed by atoms with Gasteiger partial charge in [0.15, 0.2) is 0 Å². The maximum absolute atomic E-state index is 13.0. The van der Waals surface area contributed by atoms with Crippen LogP contribution in [0.3, 0.4) is 0 Å². The minimum atomic E-state index is -0.238. The first-order valence-corrected chi connectivity index (χ1v) is 7.59. The van der Waals surface area contributed by atoms with Crippen molar-refractivity contribution in [3.05, 3.63) is 64.3 Å². The molecular formula is C17H18FN3O2. The van der Waals surface area contributed by atoms with E-state index in [0.717, 1.165) is 25.2 Å². The number of nitrogens with zero attached hydrogens (tertiary/aromatic N) is 1. The number of hydrogen-bond acceptors (Lipinski definition) is 3. The van der Waals surface area contributed by atoms with Crippen LogP contribution >= 0.6 is 0 Å². The summed E-state index contributed by atoms with van der Waals surface area (Å²) in [6, 6.07) is 9.31. The minimum absolute atomic E-state index is 0.193. The zero-order chi connectivity index (χ0) is 16.2. The van der Waals surface area contributed by atoms with Crippen LogP contribution in [-0.2, 0) is 0 Å². The number of carbonyl (C=O) groups is 1. The highest BCUT2D eigenvalue weighted by Gasteiger charge is 2.23. The van der Waals surface area contributed by atoms with Crippen LogP contribution in [0.25, 0.3) is 0 Å². The van der Waals surface area contributed by atoms with Gasteiger partial charge in [-0.3, -0.25) is 9.59 Å². The topological polar surface area (TPSA) is 65.2 Å². The largest absolute Gasteiger partial charge is 0.371 e. The van der Waals surface area contributed by atoms with Crippen LogP contribution in [0.2, 0.25) is 0 Å². The van der Waals surface area contributed by atoms with Crippen molar-refractivity contribution in [3.8, 4) is 0 Å². The smallest absolute Gasteiger partial charge is 0.252 e. The fourth-order valence-corrected chi connectivity index (χ4v) is 2.78. The van der Waals surface area contributed by atoms with Gasteiger partial charge in [0, 0.05) is 37.6 Å². The molecule has 1 atom stereocenters. The molecule has 23 heavy (non-hydrogen) atoms. The fraction of sp³-hybridized carbons (Fsp3) is 0.294. The molecule has 0 spiro atoms. The van der Waals surface area contributed by atoms with E-state index in [2.05, 4.69) is 15.2 Å². The van der Waals surface area contributed by atoms with Crippen molar-refractivity contribution >= 4 is 11.6 Å². The minimum Gasteiger partial charge on any atom is -0.371 e. The van der Waals surface area contributed by atoms with Crippen molar-refractivity contribution in [2.45, 2.75) is 6.42 Å². The van der Waals surface area contributed by atoms with Gasteiger partial charge in [0.05, 0.1) is 5.56 Å². The number of aromatic nitrogens is 1. The van der Waals surface area contributed by atoms with Gasteiger partial charge in [0.25, 0.3) is 5.91 Å². The number of nitrogens with one attached hydrogen (secondary N) is 2. The summed E-state index contributed by atoms with van der Waals surface area (Å²) in [7, 11) is 0. The molecule has 1 aromatic carbocycles. The van der Waals surface area contributed by atoms with E-state index in [4.69, 9.17) is 0 Å². The van der Waals surface area contributed by atoms with Crippen LogP contribution in [0, 0.1) is 11.7 Å². The molecular weight excluding hydrogens is 297 g/mol. The Morgan fingerprint density at radius 2 is 2.04 bits per heavy atom. The van der Waals surface area contributed by atoms with Gasteiger partial charge in [0.2, 0.25) is 5.56 Å². The number of benzene rings is 1. The molecule has 0 saturated carbocycles. The third kappa shape index (κ3) is 3.77. The number of H-pyrrole nitrogens is 1. The van der Waals surface area contributed by atoms with Gasteiger partial charge in [-0.2, -0.15) is 0 Å². The molecule has 1 unspecified atom stereocenters. The summed E-state index contributed by atoms with van der Waals surface area (Å²) >= 11 is 0. The first-order chi connectivity index (χ1) is 11.1. The molecule has 1 aliphatic rings. The Bertz CT molecular complexity index is 722. The van der Waals surface area contributed by atoms with Gasteiger partial charge in [0.1, 0.15) is 5.82 Å². The van der Waals surface area contributed by atoms with Gasteiger partial charge in [-0.15, -0.1) is 0 Å². The number of carbonyl (C=O) groups excluding carboxylic acids is 1. The number of pyridine rings is 1. The number of amides is 1. The molecule has 1 saturated heterocycles. The monoisotopic (exact) mass is 315 g/mol. The standard InChI is InChI=1S/C17H18FN3O2/c18-14-2-4-15(5-3-14)21-8-7-12(11-21)9-20-17(23)13-1-6-16(22)19-10-13/h1-6,10,12H,7-9,11H2,(H,19,22)(H,20,23). The lowest BCUT2D eigenvalue weighted by Gasteiger charge is -2.18. The quantitative estimate of drug-likeness (QED) is 0.904. The van der Waals surface area contributed by atoms with E-state index in [9.17, 15) is 14.0 Å². The van der Waals surface area contributed by atoms with Crippen molar-refractivity contribution in [2.75, 3.05) is 24.5 Å². The van der Waals surface area contributed by atoms with E-state index in [1.807, 2.05) is 0 Å². The average Bonchev–Trinajstić information content (AvgIpc) is 3.03. The molecule has 3 rings (SSSR count). The second kappa shape index (κ2) is 6.64. The second-order valence-corrected chi connectivity index (χ2v) is 5.73. The van der Waals surface area contributed by atoms with E-state index in [1.165, 1.54) is 30.5 Å². The Morgan fingerprint density at radius 1 is 1.26 bits per heavy atom. The van der Waals surface area contributed by atoms with E-state index < -0.39 is 0 Å². The number of rotatable bonds is 4. The molecule has 0 aliphatic carbocycles. The molecule has 1 aliphatic heterocycles. The molecule has 5 nitrogen and oxygen atoms in total. The lowest BCUT2D eigenvalue weighted by molar-refractivity contribution is 0.0948. The Morgan fingerprint density at radius 3 is 2.74 bits per heavy atom. The summed E-state index contributed by atoms with van der Waals surface area (Å²) in [5.74, 6) is -0.0779. The number of hydrogen-bond donors (Lipinski definition) is 2. The van der Waals surface area contributed by atoms with Crippen LogP contribution < -0.4 is 15.8 Å². The van der Waals surface area contributed by atoms with Gasteiger partial charge in [-0.05, 0) is 42.7 Å². The first kappa shape index (κ1) is 15.3. The Labute approximate surface area is 133 Å². The fourth-order valence-electron chi connectivity index (χ4n) is 2.78. The summed E-state index contributed by atoms with van der Waals surface area (Å²) in [6.45, 7) is 2.30. The summed E-state index contributed by atoms with van der Waals surface area (Å²) < 4.78 is 13.0. The molecule has 2 N–H and O–H groups in total. The third-order valence-corrected chi connectivity index (χ3v) is 4.08. The van der Waals surface area contributed by atoms with Crippen LogP contribution in [0.4, 0.5) is 10.1 Å². The SMILES string of the molecule is O=C(NCC1CCN(c2ccc(F)cc2)C1)c1ccc(=O)[nH]c1. The van der Waals surface area contributed by atoms with Crippen molar-refractivity contribution < 1.29 is 9.18 Å². The molecule has 6 heteroatoms. The Balaban J connectivity index is 1.52. The van der Waals surface area contributed by atoms with Gasteiger partial charge in [-0.1, -0.05) is 0 Å². The maximum atomic E-state index is 13.0. The lowest BCUT2D eigenvalue weighted by atomic mass is 10.1. The molecule has 0 bridgehead atoms. The highest BCUT2D eigenvalue weighted by Crippen LogP contribution is 2.23. The predicted octanol–water partition coefficient (Wildman–Crippen LogP) is 1.77. The first-order valence-electron chi connectivity index (χ1n) is 7.59. The second-order valence-electron chi connectivity index (χ2n) is 5.73. The zero-order valence-corrected chi connectivity index (χ0v) is 12.6. The van der Waals surface area contributed by atoms with Crippen molar-refractivity contribution in [1.29, 1.82) is 0 Å². The van der Waals surface area contributed by atoms with Crippen molar-refractivity contribution in [3.63, 3.8) is 0 Å². The molecule has 1 aromatic heterocycles. The Hall–Kier alpha value is -2.63. The summed E-state index contributed by atoms with van der Waals surface area (Å²) in [5, 5.41) is 2.89. The van der Waals surface area contributed by atoms with Gasteiger partial charge < -0.3 is 15.2 Å². The van der Waals surface area contributed by atoms with E-state index in [1.54, 1.807) is 12.1 Å². The lowest BCUT2D eigenvalue weighted by Crippen LogP contribution is -2.31. The zero-order valence-electron chi connectivity index (χ0n) is 12.6. The van der Waals surface area contributed by atoms with Crippen LogP contribution in [0.15, 0.2) is 47.4 Å². The van der Waals surface area contributed by atoms with E-state index in [-0.39, 0.29) is 17.3 Å². The molecule has 2 heterocycles. The van der Waals surface area contributed by atoms with Gasteiger partial charge >= 0.3 is 0 Å². The van der Waals surface area contributed by atoms with Crippen molar-refractivity contribution in [1.82, 2.24) is 10.3 Å². The van der Waals surface area contributed by atoms with Crippen LogP contribution in [-0.4, -0.2) is 30.5 Å². The highest BCUT2D eigenvalue weighted by atomic mass is 19.1. The number of anilines is 1. The molecule has 1 amide bonds. The van der Waals surface area contributed by atoms with Crippen LogP contribution in [0.1, 0.15) is 16.8 Å². The van der Waals surface area contributed by atoms with Gasteiger partial charge in [-0.25, -0.2) is 4.39 Å². The molecule has 2 aromatic rings. The maximum Gasteiger partial charge on any atom is 0.252 e. The van der Waals surface area contributed by atoms with E-state index >= 15 is 0 Å². The third-order valence-electron chi connectivity index (χ3n) is 4.08. The van der Waals surface area contributed by atoms with Crippen molar-refractivity contribution in [2.24, 2.45) is 5.92 Å². The average molecular weight is 315 g/mol. The van der Waals surface area contributed by atoms with E-state index in [0.29, 0.717) is 18.0 Å². The van der Waals surface area contributed by atoms with Crippen LogP contribution in [0.5, 0.6) is 0 Å². The summed E-state index contributed by atoms with van der Waals surface area (Å²) in [4.78, 5) is 27.7. The number of aromatic amines is 1. The molecule has 120 valence electrons. The predicted molar refractivity (Wildman–Crippen MR) is 86.1 cm³/mol. The number of halogens is 1. The highest BCUT2D eigenvalue weighted by molar-refractivity contribution is 5.93. The Kier molecular flexibility index (Phi) is 4.41. The molecule has 0 radical (unpaired) electrons. The molecule has 1 fully saturated rings. The summed E-state index contributed by atoms with van der Waals surface area (Å²) in [5.41, 5.74) is 1.21. The normalized spacial score (nSPS) is 17.3. The summed E-state index contributed by atoms with van der Waals surface area (Å²) in [6.07, 6.45) is 2.39.